The summed E-state index contributed by atoms with van der Waals surface area (Å²) in [7, 11) is 0. The van der Waals surface area contributed by atoms with Crippen LogP contribution in [0.4, 0.5) is 5.69 Å². The van der Waals surface area contributed by atoms with Crippen molar-refractivity contribution in [1.29, 1.82) is 0 Å². The van der Waals surface area contributed by atoms with E-state index in [9.17, 15) is 4.79 Å². The van der Waals surface area contributed by atoms with E-state index in [4.69, 9.17) is 27.9 Å². The van der Waals surface area contributed by atoms with Crippen LogP contribution in [0.5, 0.6) is 0 Å². The second-order valence-electron chi connectivity index (χ2n) is 4.15. The molecule has 0 radical (unpaired) electrons. The van der Waals surface area contributed by atoms with Gasteiger partial charge in [-0.2, -0.15) is 0 Å². The summed E-state index contributed by atoms with van der Waals surface area (Å²) in [4.78, 5) is 16.4. The van der Waals surface area contributed by atoms with E-state index < -0.39 is 5.97 Å². The molecule has 0 N–H and O–H groups in total. The molecule has 0 aliphatic heterocycles. The Balaban J connectivity index is 2.46. The van der Waals surface area contributed by atoms with E-state index in [1.807, 2.05) is 18.2 Å². The average Bonchev–Trinajstić information content (AvgIpc) is 2.49. The molecule has 3 nitrogen and oxygen atoms in total. The molecule has 0 aliphatic carbocycles. The summed E-state index contributed by atoms with van der Waals surface area (Å²) in [5.41, 5.74) is 1.45. The molecule has 2 aromatic rings. The van der Waals surface area contributed by atoms with Gasteiger partial charge in [-0.1, -0.05) is 53.5 Å². The molecule has 108 valence electrons. The molecular weight excluding hydrogens is 309 g/mol. The third-order valence-corrected chi connectivity index (χ3v) is 3.40. The van der Waals surface area contributed by atoms with Gasteiger partial charge in [-0.15, -0.1) is 0 Å². The fourth-order valence-corrected chi connectivity index (χ4v) is 2.00. The maximum atomic E-state index is 12.1. The van der Waals surface area contributed by atoms with Gasteiger partial charge >= 0.3 is 5.97 Å². The van der Waals surface area contributed by atoms with Gasteiger partial charge in [-0.3, -0.25) is 0 Å². The lowest BCUT2D eigenvalue weighted by Crippen LogP contribution is -2.18. The topological polar surface area (TPSA) is 38.7 Å². The standard InChI is InChI=1S/C16H13Cl2NO2/c1-2-21-16(20)15(11-6-4-3-5-7-11)19-12-8-9-13(17)14(18)10-12/h3-10H,2H2,1H3. The van der Waals surface area contributed by atoms with Crippen molar-refractivity contribution in [3.63, 3.8) is 0 Å². The zero-order chi connectivity index (χ0) is 15.2. The number of rotatable bonds is 4. The van der Waals surface area contributed by atoms with Crippen molar-refractivity contribution in [2.24, 2.45) is 4.99 Å². The number of benzene rings is 2. The zero-order valence-electron chi connectivity index (χ0n) is 11.3. The molecular formula is C16H13Cl2NO2. The van der Waals surface area contributed by atoms with Gasteiger partial charge in [-0.05, 0) is 25.1 Å². The van der Waals surface area contributed by atoms with E-state index in [0.717, 1.165) is 0 Å². The highest BCUT2D eigenvalue weighted by Crippen LogP contribution is 2.27. The number of aliphatic imine (C=N–C) groups is 1. The van der Waals surface area contributed by atoms with Crippen molar-refractivity contribution in [2.45, 2.75) is 6.92 Å². The van der Waals surface area contributed by atoms with Crippen LogP contribution < -0.4 is 0 Å². The largest absolute Gasteiger partial charge is 0.461 e. The number of halogens is 2. The average molecular weight is 322 g/mol. The van der Waals surface area contributed by atoms with E-state index in [1.165, 1.54) is 0 Å². The maximum absolute atomic E-state index is 12.1. The van der Waals surface area contributed by atoms with Crippen LogP contribution in [-0.2, 0) is 9.53 Å². The van der Waals surface area contributed by atoms with Crippen LogP contribution in [0, 0.1) is 0 Å². The summed E-state index contributed by atoms with van der Waals surface area (Å²) < 4.78 is 5.06. The van der Waals surface area contributed by atoms with Gasteiger partial charge in [0.2, 0.25) is 0 Å². The van der Waals surface area contributed by atoms with Crippen molar-refractivity contribution in [2.75, 3.05) is 6.61 Å². The number of carbonyl (C=O) groups excluding carboxylic acids is 1. The fraction of sp³-hybridized carbons (Fsp3) is 0.125. The zero-order valence-corrected chi connectivity index (χ0v) is 12.9. The maximum Gasteiger partial charge on any atom is 0.357 e. The molecule has 0 aromatic heterocycles. The van der Waals surface area contributed by atoms with Crippen LogP contribution in [0.15, 0.2) is 53.5 Å². The molecule has 0 atom stereocenters. The first kappa shape index (κ1) is 15.5. The Morgan fingerprint density at radius 3 is 2.43 bits per heavy atom. The minimum Gasteiger partial charge on any atom is -0.461 e. The molecule has 0 saturated heterocycles. The van der Waals surface area contributed by atoms with Crippen molar-refractivity contribution >= 4 is 40.6 Å². The number of esters is 1. The number of ether oxygens (including phenoxy) is 1. The van der Waals surface area contributed by atoms with Crippen LogP contribution in [0.25, 0.3) is 0 Å². The summed E-state index contributed by atoms with van der Waals surface area (Å²) in [6.07, 6.45) is 0. The van der Waals surface area contributed by atoms with E-state index in [-0.39, 0.29) is 12.3 Å². The second-order valence-corrected chi connectivity index (χ2v) is 4.96. The second kappa shape index (κ2) is 7.25. The Morgan fingerprint density at radius 1 is 1.10 bits per heavy atom. The quantitative estimate of drug-likeness (QED) is 0.606. The van der Waals surface area contributed by atoms with Crippen LogP contribution in [0.2, 0.25) is 10.0 Å². The molecule has 2 aromatic carbocycles. The molecule has 0 aliphatic rings. The van der Waals surface area contributed by atoms with Gasteiger partial charge in [0.15, 0.2) is 5.71 Å². The number of carbonyl (C=O) groups is 1. The third kappa shape index (κ3) is 4.06. The summed E-state index contributed by atoms with van der Waals surface area (Å²) in [6.45, 7) is 2.03. The lowest BCUT2D eigenvalue weighted by Gasteiger charge is -2.07. The minimum absolute atomic E-state index is 0.232. The smallest absolute Gasteiger partial charge is 0.357 e. The lowest BCUT2D eigenvalue weighted by molar-refractivity contribution is -0.134. The molecule has 5 heteroatoms. The fourth-order valence-electron chi connectivity index (χ4n) is 1.71. The highest BCUT2D eigenvalue weighted by molar-refractivity contribution is 6.44. The predicted molar refractivity (Wildman–Crippen MR) is 85.7 cm³/mol. The van der Waals surface area contributed by atoms with E-state index in [2.05, 4.69) is 4.99 Å². The molecule has 0 saturated carbocycles. The number of hydrogen-bond acceptors (Lipinski definition) is 3. The first-order valence-corrected chi connectivity index (χ1v) is 7.13. The molecule has 21 heavy (non-hydrogen) atoms. The monoisotopic (exact) mass is 321 g/mol. The van der Waals surface area contributed by atoms with Crippen molar-refractivity contribution in [3.8, 4) is 0 Å². The van der Waals surface area contributed by atoms with Crippen LogP contribution in [0.1, 0.15) is 12.5 Å². The third-order valence-electron chi connectivity index (χ3n) is 2.66. The van der Waals surface area contributed by atoms with Gasteiger partial charge in [0.05, 0.1) is 22.3 Å². The van der Waals surface area contributed by atoms with Gasteiger partial charge in [-0.25, -0.2) is 9.79 Å². The van der Waals surface area contributed by atoms with E-state index >= 15 is 0 Å². The predicted octanol–water partition coefficient (Wildman–Crippen LogP) is 4.68. The van der Waals surface area contributed by atoms with Crippen LogP contribution in [0.3, 0.4) is 0 Å². The Kier molecular flexibility index (Phi) is 5.37. The summed E-state index contributed by atoms with van der Waals surface area (Å²) >= 11 is 11.8. The molecule has 0 fully saturated rings. The van der Waals surface area contributed by atoms with Crippen LogP contribution in [-0.4, -0.2) is 18.3 Å². The van der Waals surface area contributed by atoms with Gasteiger partial charge < -0.3 is 4.74 Å². The van der Waals surface area contributed by atoms with E-state index in [0.29, 0.717) is 21.3 Å². The molecule has 0 spiro atoms. The minimum atomic E-state index is -0.477. The number of nitrogens with zero attached hydrogens (tertiary/aromatic N) is 1. The molecule has 0 unspecified atom stereocenters. The molecule has 0 bridgehead atoms. The van der Waals surface area contributed by atoms with Gasteiger partial charge in [0.1, 0.15) is 0 Å². The van der Waals surface area contributed by atoms with E-state index in [1.54, 1.807) is 37.3 Å². The summed E-state index contributed by atoms with van der Waals surface area (Å²) in [6, 6.07) is 14.1. The summed E-state index contributed by atoms with van der Waals surface area (Å²) in [5.74, 6) is -0.477. The normalized spacial score (nSPS) is 11.3. The Hall–Kier alpha value is -1.84. The lowest BCUT2D eigenvalue weighted by atomic mass is 10.1. The molecule has 0 heterocycles. The first-order valence-electron chi connectivity index (χ1n) is 6.38. The van der Waals surface area contributed by atoms with Gasteiger partial charge in [0, 0.05) is 5.56 Å². The van der Waals surface area contributed by atoms with Gasteiger partial charge in [0.25, 0.3) is 0 Å². The SMILES string of the molecule is CCOC(=O)C(=Nc1ccc(Cl)c(Cl)c1)c1ccccc1. The molecule has 2 rings (SSSR count). The number of hydrogen-bond donors (Lipinski definition) is 0. The highest BCUT2D eigenvalue weighted by atomic mass is 35.5. The molecule has 0 amide bonds. The first-order chi connectivity index (χ1) is 10.1. The highest BCUT2D eigenvalue weighted by Gasteiger charge is 2.15. The van der Waals surface area contributed by atoms with Crippen LogP contribution >= 0.6 is 23.2 Å². The summed E-state index contributed by atoms with van der Waals surface area (Å²) in [5, 5.41) is 0.821. The van der Waals surface area contributed by atoms with Crippen molar-refractivity contribution in [1.82, 2.24) is 0 Å². The van der Waals surface area contributed by atoms with Crippen molar-refractivity contribution in [3.05, 3.63) is 64.1 Å². The Bertz CT molecular complexity index is 669. The van der Waals surface area contributed by atoms with Crippen molar-refractivity contribution < 1.29 is 9.53 Å². The Morgan fingerprint density at radius 2 is 1.81 bits per heavy atom. The Labute approximate surface area is 133 Å².